The number of alkyl carbamates (subject to hydrolysis) is 1. The van der Waals surface area contributed by atoms with E-state index < -0.39 is 17.6 Å². The van der Waals surface area contributed by atoms with Crippen molar-refractivity contribution < 1.29 is 19.6 Å². The smallest absolute Gasteiger partial charge is 0.407 e. The highest BCUT2D eigenvalue weighted by Gasteiger charge is 2.14. The number of nitro benzene ring substituents is 1. The highest BCUT2D eigenvalue weighted by molar-refractivity contribution is 5.67. The summed E-state index contributed by atoms with van der Waals surface area (Å²) in [6, 6.07) is 4.45. The number of carbonyl (C=O) groups excluding carboxylic acids is 1. The average Bonchev–Trinajstić information content (AvgIpc) is 2.51. The first-order valence-electron chi connectivity index (χ1n) is 6.69. The van der Waals surface area contributed by atoms with Crippen LogP contribution in [0.1, 0.15) is 5.56 Å². The van der Waals surface area contributed by atoms with Crippen molar-refractivity contribution >= 4 is 17.5 Å². The van der Waals surface area contributed by atoms with E-state index in [9.17, 15) is 20.0 Å². The molecular formula is C13H20N4O5. The number of nitrogens with two attached hydrogens (primary N) is 1. The topological polar surface area (TPSA) is 131 Å². The Morgan fingerprint density at radius 1 is 1.55 bits per heavy atom. The molecule has 0 saturated heterocycles. The van der Waals surface area contributed by atoms with Crippen LogP contribution in [0.5, 0.6) is 0 Å². The summed E-state index contributed by atoms with van der Waals surface area (Å²) in [5.74, 6) is 0. The van der Waals surface area contributed by atoms with Crippen LogP contribution in [-0.4, -0.2) is 49.4 Å². The maximum Gasteiger partial charge on any atom is 0.407 e. The minimum atomic E-state index is -0.543. The standard InChI is InChI=1S/C13H20N4O5/c1-16(6-7-22-13(19)15-5-4-14)11-2-3-12(17(20)21)10(8-11)9-18/h2-3,8,18H,4-7,9,14H2,1H3,(H,15,19). The van der Waals surface area contributed by atoms with Crippen LogP contribution >= 0.6 is 0 Å². The Bertz CT molecular complexity index is 523. The van der Waals surface area contributed by atoms with Crippen molar-refractivity contribution in [1.82, 2.24) is 5.32 Å². The zero-order valence-corrected chi connectivity index (χ0v) is 12.3. The average molecular weight is 312 g/mol. The molecule has 0 aromatic heterocycles. The van der Waals surface area contributed by atoms with Crippen LogP contribution in [0.25, 0.3) is 0 Å². The summed E-state index contributed by atoms with van der Waals surface area (Å²) in [6.45, 7) is 0.811. The van der Waals surface area contributed by atoms with Gasteiger partial charge in [0.2, 0.25) is 0 Å². The second-order valence-corrected chi connectivity index (χ2v) is 4.50. The van der Waals surface area contributed by atoms with Crippen LogP contribution in [-0.2, 0) is 11.3 Å². The SMILES string of the molecule is CN(CCOC(=O)NCCN)c1ccc([N+](=O)[O-])c(CO)c1. The van der Waals surface area contributed by atoms with Gasteiger partial charge in [0.25, 0.3) is 5.69 Å². The summed E-state index contributed by atoms with van der Waals surface area (Å²) in [6.07, 6.45) is -0.543. The normalized spacial score (nSPS) is 10.1. The maximum atomic E-state index is 11.2. The molecule has 0 aliphatic carbocycles. The lowest BCUT2D eigenvalue weighted by molar-refractivity contribution is -0.385. The molecule has 0 unspecified atom stereocenters. The van der Waals surface area contributed by atoms with E-state index >= 15 is 0 Å². The molecule has 0 spiro atoms. The van der Waals surface area contributed by atoms with Gasteiger partial charge in [0.15, 0.2) is 0 Å². The number of aliphatic hydroxyl groups excluding tert-OH is 1. The molecule has 0 aliphatic rings. The number of rotatable bonds is 8. The third-order valence-corrected chi connectivity index (χ3v) is 2.94. The molecule has 0 atom stereocenters. The van der Waals surface area contributed by atoms with Gasteiger partial charge in [0.05, 0.1) is 23.6 Å². The number of anilines is 1. The van der Waals surface area contributed by atoms with Gasteiger partial charge in [0.1, 0.15) is 6.61 Å². The summed E-state index contributed by atoms with van der Waals surface area (Å²) in [4.78, 5) is 23.2. The van der Waals surface area contributed by atoms with E-state index in [1.165, 1.54) is 12.1 Å². The van der Waals surface area contributed by atoms with Crippen molar-refractivity contribution in [1.29, 1.82) is 0 Å². The number of amides is 1. The number of likely N-dealkylation sites (N-methyl/N-ethyl adjacent to an activating group) is 1. The predicted molar refractivity (Wildman–Crippen MR) is 80.7 cm³/mol. The number of hydrogen-bond donors (Lipinski definition) is 3. The fourth-order valence-corrected chi connectivity index (χ4v) is 1.74. The molecule has 1 rings (SSSR count). The van der Waals surface area contributed by atoms with E-state index in [-0.39, 0.29) is 17.9 Å². The third-order valence-electron chi connectivity index (χ3n) is 2.94. The van der Waals surface area contributed by atoms with Crippen LogP contribution in [0.15, 0.2) is 18.2 Å². The molecule has 1 amide bonds. The molecule has 122 valence electrons. The van der Waals surface area contributed by atoms with Crippen LogP contribution in [0, 0.1) is 10.1 Å². The van der Waals surface area contributed by atoms with Gasteiger partial charge >= 0.3 is 6.09 Å². The van der Waals surface area contributed by atoms with Crippen molar-refractivity contribution in [3.05, 3.63) is 33.9 Å². The molecule has 0 fully saturated rings. The maximum absolute atomic E-state index is 11.2. The first-order valence-corrected chi connectivity index (χ1v) is 6.69. The Hall–Kier alpha value is -2.39. The number of carbonyl (C=O) groups is 1. The molecule has 22 heavy (non-hydrogen) atoms. The Kier molecular flexibility index (Phi) is 7.06. The second kappa shape index (κ2) is 8.80. The van der Waals surface area contributed by atoms with E-state index in [1.54, 1.807) is 18.0 Å². The third kappa shape index (κ3) is 5.19. The zero-order valence-electron chi connectivity index (χ0n) is 12.3. The summed E-state index contributed by atoms with van der Waals surface area (Å²) < 4.78 is 4.95. The van der Waals surface area contributed by atoms with Crippen LogP contribution in [0.2, 0.25) is 0 Å². The van der Waals surface area contributed by atoms with Crippen molar-refractivity contribution in [3.8, 4) is 0 Å². The van der Waals surface area contributed by atoms with E-state index in [2.05, 4.69) is 5.32 Å². The molecule has 9 heteroatoms. The summed E-state index contributed by atoms with van der Waals surface area (Å²) >= 11 is 0. The minimum absolute atomic E-state index is 0.128. The largest absolute Gasteiger partial charge is 0.448 e. The lowest BCUT2D eigenvalue weighted by Gasteiger charge is -2.19. The number of nitro groups is 1. The zero-order chi connectivity index (χ0) is 16.5. The quantitative estimate of drug-likeness (QED) is 0.462. The van der Waals surface area contributed by atoms with Crippen molar-refractivity contribution in [2.45, 2.75) is 6.61 Å². The number of aliphatic hydroxyl groups is 1. The highest BCUT2D eigenvalue weighted by Crippen LogP contribution is 2.24. The molecule has 4 N–H and O–H groups in total. The van der Waals surface area contributed by atoms with Gasteiger partial charge in [-0.15, -0.1) is 0 Å². The summed E-state index contributed by atoms with van der Waals surface area (Å²) in [7, 11) is 1.75. The lowest BCUT2D eigenvalue weighted by Crippen LogP contribution is -2.32. The summed E-state index contributed by atoms with van der Waals surface area (Å²) in [5, 5.41) is 22.5. The predicted octanol–water partition coefficient (Wildman–Crippen LogP) is 0.208. The second-order valence-electron chi connectivity index (χ2n) is 4.50. The van der Waals surface area contributed by atoms with Crippen LogP contribution < -0.4 is 16.0 Å². The number of benzene rings is 1. The Morgan fingerprint density at radius 2 is 2.27 bits per heavy atom. The fraction of sp³-hybridized carbons (Fsp3) is 0.462. The number of nitrogens with zero attached hydrogens (tertiary/aromatic N) is 2. The lowest BCUT2D eigenvalue weighted by atomic mass is 10.1. The van der Waals surface area contributed by atoms with Gasteiger partial charge in [-0.25, -0.2) is 4.79 Å². The van der Waals surface area contributed by atoms with Gasteiger partial charge in [0, 0.05) is 31.9 Å². The van der Waals surface area contributed by atoms with Crippen LogP contribution in [0.4, 0.5) is 16.2 Å². The van der Waals surface area contributed by atoms with E-state index in [0.29, 0.717) is 25.3 Å². The number of ether oxygens (including phenoxy) is 1. The number of hydrogen-bond acceptors (Lipinski definition) is 7. The van der Waals surface area contributed by atoms with E-state index in [0.717, 1.165) is 0 Å². The number of nitrogens with one attached hydrogen (secondary N) is 1. The van der Waals surface area contributed by atoms with Gasteiger partial charge in [-0.2, -0.15) is 0 Å². The van der Waals surface area contributed by atoms with Crippen molar-refractivity contribution in [2.75, 3.05) is 38.2 Å². The van der Waals surface area contributed by atoms with Gasteiger partial charge in [-0.05, 0) is 12.1 Å². The first kappa shape index (κ1) is 17.7. The monoisotopic (exact) mass is 312 g/mol. The molecule has 0 heterocycles. The van der Waals surface area contributed by atoms with Gasteiger partial charge in [-0.3, -0.25) is 10.1 Å². The van der Waals surface area contributed by atoms with Gasteiger partial charge < -0.3 is 25.8 Å². The summed E-state index contributed by atoms with van der Waals surface area (Å²) in [5.41, 5.74) is 6.03. The Labute approximate surface area is 127 Å². The molecule has 0 radical (unpaired) electrons. The van der Waals surface area contributed by atoms with E-state index in [1.807, 2.05) is 0 Å². The minimum Gasteiger partial charge on any atom is -0.448 e. The molecule has 0 aliphatic heterocycles. The van der Waals surface area contributed by atoms with Crippen molar-refractivity contribution in [3.63, 3.8) is 0 Å². The van der Waals surface area contributed by atoms with Crippen LogP contribution in [0.3, 0.4) is 0 Å². The molecule has 1 aromatic carbocycles. The molecule has 0 saturated carbocycles. The van der Waals surface area contributed by atoms with E-state index in [4.69, 9.17) is 10.5 Å². The Morgan fingerprint density at radius 3 is 2.86 bits per heavy atom. The first-order chi connectivity index (χ1) is 10.5. The highest BCUT2D eigenvalue weighted by atomic mass is 16.6. The molecule has 0 bridgehead atoms. The Balaban J connectivity index is 2.57. The molecule has 1 aromatic rings. The fourth-order valence-electron chi connectivity index (χ4n) is 1.74. The van der Waals surface area contributed by atoms with Crippen molar-refractivity contribution in [2.24, 2.45) is 5.73 Å². The molecule has 9 nitrogen and oxygen atoms in total. The molecular weight excluding hydrogens is 292 g/mol. The van der Waals surface area contributed by atoms with Gasteiger partial charge in [-0.1, -0.05) is 0 Å².